The number of aromatic nitrogens is 1. The number of thiophene rings is 1. The molecule has 0 unspecified atom stereocenters. The molecule has 0 amide bonds. The smallest absolute Gasteiger partial charge is 0.419 e. The van der Waals surface area contributed by atoms with Crippen LogP contribution in [0.1, 0.15) is 37.4 Å². The van der Waals surface area contributed by atoms with E-state index in [1.165, 1.54) is 22.9 Å². The summed E-state index contributed by atoms with van der Waals surface area (Å²) in [4.78, 5) is 36.1. The Morgan fingerprint density at radius 2 is 1.81 bits per heavy atom. The molecule has 0 aliphatic rings. The number of hydrogen-bond acceptors (Lipinski definition) is 6. The van der Waals surface area contributed by atoms with Crippen molar-refractivity contribution < 1.29 is 32.6 Å². The Morgan fingerprint density at radius 1 is 1.13 bits per heavy atom. The van der Waals surface area contributed by atoms with Gasteiger partial charge < -0.3 is 9.47 Å². The van der Waals surface area contributed by atoms with Crippen molar-refractivity contribution in [2.24, 2.45) is 0 Å². The Balaban J connectivity index is 2.01. The molecule has 0 bridgehead atoms. The Bertz CT molecular complexity index is 1160. The molecule has 9 heteroatoms. The number of fused-ring (bicyclic) bond motifs is 1. The zero-order valence-corrected chi connectivity index (χ0v) is 18.2. The largest absolute Gasteiger partial charge is 0.461 e. The molecule has 164 valence electrons. The van der Waals surface area contributed by atoms with Crippen LogP contribution in [0.3, 0.4) is 0 Å². The molecule has 6 nitrogen and oxygen atoms in total. The van der Waals surface area contributed by atoms with Gasteiger partial charge in [0, 0.05) is 17.1 Å². The number of nitrogens with zero attached hydrogens (tertiary/aromatic N) is 1. The molecular weight excluding hydrogens is 428 g/mol. The summed E-state index contributed by atoms with van der Waals surface area (Å²) in [7, 11) is 0. The Kier molecular flexibility index (Phi) is 6.00. The topological polar surface area (TPSA) is 74.6 Å². The number of alkyl halides is 2. The minimum atomic E-state index is -4.28. The number of ether oxygens (including phenoxy) is 2. The predicted octanol–water partition coefficient (Wildman–Crippen LogP) is 5.53. The molecule has 0 saturated carbocycles. The van der Waals surface area contributed by atoms with Gasteiger partial charge in [-0.1, -0.05) is 18.2 Å². The maximum absolute atomic E-state index is 14.1. The van der Waals surface area contributed by atoms with Crippen LogP contribution in [-0.4, -0.2) is 40.5 Å². The molecule has 31 heavy (non-hydrogen) atoms. The fourth-order valence-corrected chi connectivity index (χ4v) is 3.82. The van der Waals surface area contributed by atoms with E-state index in [1.54, 1.807) is 51.2 Å². The second-order valence-corrected chi connectivity index (χ2v) is 8.65. The molecule has 1 aromatic carbocycles. The highest BCUT2D eigenvalue weighted by atomic mass is 32.1. The summed E-state index contributed by atoms with van der Waals surface area (Å²) in [6.45, 7) is 6.36. The minimum Gasteiger partial charge on any atom is -0.461 e. The molecule has 0 saturated heterocycles. The maximum Gasteiger partial charge on any atom is 0.419 e. The van der Waals surface area contributed by atoms with Crippen LogP contribution < -0.4 is 0 Å². The van der Waals surface area contributed by atoms with Crippen LogP contribution in [0.25, 0.3) is 22.0 Å². The van der Waals surface area contributed by atoms with Gasteiger partial charge in [-0.15, -0.1) is 11.3 Å². The van der Waals surface area contributed by atoms with Crippen molar-refractivity contribution in [3.05, 3.63) is 46.8 Å². The first kappa shape index (κ1) is 22.6. The SMILES string of the molecule is CCOC(=O)C(F)(F)C(=O)c1cc(-c2cn(C(=O)OC(C)(C)C)c3ccccc23)cs1. The molecule has 3 aromatic rings. The monoisotopic (exact) mass is 449 g/mol. The summed E-state index contributed by atoms with van der Waals surface area (Å²) in [6.07, 6.45) is 0.953. The van der Waals surface area contributed by atoms with Gasteiger partial charge in [-0.2, -0.15) is 8.78 Å². The average Bonchev–Trinajstić information content (AvgIpc) is 3.31. The van der Waals surface area contributed by atoms with Gasteiger partial charge in [0.15, 0.2) is 0 Å². The van der Waals surface area contributed by atoms with E-state index in [4.69, 9.17) is 4.74 Å². The number of esters is 1. The lowest BCUT2D eigenvalue weighted by atomic mass is 10.1. The predicted molar refractivity (Wildman–Crippen MR) is 113 cm³/mol. The lowest BCUT2D eigenvalue weighted by Crippen LogP contribution is -2.39. The average molecular weight is 449 g/mol. The first-order chi connectivity index (χ1) is 14.5. The van der Waals surface area contributed by atoms with Crippen molar-refractivity contribution in [2.75, 3.05) is 6.61 Å². The van der Waals surface area contributed by atoms with E-state index in [0.29, 0.717) is 22.0 Å². The van der Waals surface area contributed by atoms with E-state index >= 15 is 0 Å². The fourth-order valence-electron chi connectivity index (χ4n) is 2.94. The van der Waals surface area contributed by atoms with Crippen molar-refractivity contribution in [2.45, 2.75) is 39.2 Å². The molecule has 2 heterocycles. The van der Waals surface area contributed by atoms with E-state index in [1.807, 2.05) is 0 Å². The fraction of sp³-hybridized carbons (Fsp3) is 0.318. The van der Waals surface area contributed by atoms with Crippen molar-refractivity contribution >= 4 is 40.1 Å². The van der Waals surface area contributed by atoms with Gasteiger partial charge in [-0.25, -0.2) is 9.59 Å². The summed E-state index contributed by atoms with van der Waals surface area (Å²) in [6, 6.07) is 8.32. The molecule has 0 N–H and O–H groups in total. The molecule has 0 aliphatic carbocycles. The zero-order chi connectivity index (χ0) is 23.0. The molecular formula is C22H21F2NO5S. The van der Waals surface area contributed by atoms with Crippen LogP contribution in [0, 0.1) is 0 Å². The van der Waals surface area contributed by atoms with Gasteiger partial charge in [-0.05, 0) is 50.8 Å². The van der Waals surface area contributed by atoms with E-state index in [-0.39, 0.29) is 11.5 Å². The first-order valence-electron chi connectivity index (χ1n) is 9.48. The summed E-state index contributed by atoms with van der Waals surface area (Å²) in [5.74, 6) is -7.78. The van der Waals surface area contributed by atoms with Crippen LogP contribution >= 0.6 is 11.3 Å². The third-order valence-corrected chi connectivity index (χ3v) is 5.18. The molecule has 0 aliphatic heterocycles. The summed E-state index contributed by atoms with van der Waals surface area (Å²) < 4.78 is 39.4. The third kappa shape index (κ3) is 4.51. The Labute approximate surface area is 181 Å². The number of benzene rings is 1. The van der Waals surface area contributed by atoms with Gasteiger partial charge in [-0.3, -0.25) is 9.36 Å². The summed E-state index contributed by atoms with van der Waals surface area (Å²) in [5.41, 5.74) is 0.897. The van der Waals surface area contributed by atoms with E-state index in [2.05, 4.69) is 4.74 Å². The number of hydrogen-bond donors (Lipinski definition) is 0. The Morgan fingerprint density at radius 3 is 2.45 bits per heavy atom. The highest BCUT2D eigenvalue weighted by Gasteiger charge is 2.49. The molecule has 3 rings (SSSR count). The zero-order valence-electron chi connectivity index (χ0n) is 17.4. The number of halogens is 2. The minimum absolute atomic E-state index is 0.262. The highest BCUT2D eigenvalue weighted by Crippen LogP contribution is 2.35. The summed E-state index contributed by atoms with van der Waals surface area (Å²) >= 11 is 0.788. The maximum atomic E-state index is 14.1. The van der Waals surface area contributed by atoms with Crippen molar-refractivity contribution in [1.29, 1.82) is 0 Å². The standard InChI is InChI=1S/C22H21F2NO5S/c1-5-29-19(27)22(23,24)18(26)17-10-13(12-31-17)15-11-25(20(28)30-21(2,3)4)16-9-7-6-8-14(15)16/h6-12H,5H2,1-4H3. The van der Waals surface area contributed by atoms with Crippen molar-refractivity contribution in [1.82, 2.24) is 4.57 Å². The Hall–Kier alpha value is -3.07. The quantitative estimate of drug-likeness (QED) is 0.291. The first-order valence-corrected chi connectivity index (χ1v) is 10.4. The lowest BCUT2D eigenvalue weighted by Gasteiger charge is -2.19. The number of rotatable bonds is 5. The molecule has 2 aromatic heterocycles. The molecule has 0 spiro atoms. The van der Waals surface area contributed by atoms with E-state index in [0.717, 1.165) is 11.3 Å². The third-order valence-electron chi connectivity index (χ3n) is 4.25. The van der Waals surface area contributed by atoms with Gasteiger partial charge in [0.1, 0.15) is 5.60 Å². The molecule has 0 fully saturated rings. The number of para-hydroxylation sites is 1. The lowest BCUT2D eigenvalue weighted by molar-refractivity contribution is -0.164. The second-order valence-electron chi connectivity index (χ2n) is 7.73. The highest BCUT2D eigenvalue weighted by molar-refractivity contribution is 7.12. The van der Waals surface area contributed by atoms with E-state index in [9.17, 15) is 23.2 Å². The van der Waals surface area contributed by atoms with Gasteiger partial charge >= 0.3 is 18.0 Å². The number of Topliss-reactive ketones (excluding diaryl/α,β-unsaturated/α-hetero) is 1. The van der Waals surface area contributed by atoms with Crippen LogP contribution in [0.4, 0.5) is 13.6 Å². The molecule has 0 radical (unpaired) electrons. The van der Waals surface area contributed by atoms with Crippen molar-refractivity contribution in [3.63, 3.8) is 0 Å². The molecule has 0 atom stereocenters. The van der Waals surface area contributed by atoms with E-state index < -0.39 is 29.4 Å². The normalized spacial score (nSPS) is 12.1. The van der Waals surface area contributed by atoms with Gasteiger partial charge in [0.2, 0.25) is 0 Å². The van der Waals surface area contributed by atoms with Gasteiger partial charge in [0.05, 0.1) is 17.0 Å². The number of ketones is 1. The van der Waals surface area contributed by atoms with Crippen LogP contribution in [0.5, 0.6) is 0 Å². The van der Waals surface area contributed by atoms with Crippen LogP contribution in [0.15, 0.2) is 41.9 Å². The van der Waals surface area contributed by atoms with Gasteiger partial charge in [0.25, 0.3) is 5.78 Å². The second kappa shape index (κ2) is 8.22. The summed E-state index contributed by atoms with van der Waals surface area (Å²) in [5, 5.41) is 2.21. The van der Waals surface area contributed by atoms with Crippen LogP contribution in [0.2, 0.25) is 0 Å². The van der Waals surface area contributed by atoms with Crippen molar-refractivity contribution in [3.8, 4) is 11.1 Å². The number of carbonyl (C=O) groups is 3. The van der Waals surface area contributed by atoms with Crippen LogP contribution in [-0.2, 0) is 14.3 Å². The number of carbonyl (C=O) groups excluding carboxylic acids is 3.